The van der Waals surface area contributed by atoms with E-state index in [1.165, 1.54) is 0 Å². The van der Waals surface area contributed by atoms with E-state index in [0.29, 0.717) is 0 Å². The van der Waals surface area contributed by atoms with Gasteiger partial charge in [0, 0.05) is 11.0 Å². The van der Waals surface area contributed by atoms with Crippen LogP contribution in [-0.4, -0.2) is 14.7 Å². The van der Waals surface area contributed by atoms with Crippen molar-refractivity contribution in [1.82, 2.24) is 9.55 Å². The molecular formula is C16H15BrN2O. The highest BCUT2D eigenvalue weighted by Gasteiger charge is 2.14. The molecule has 1 heterocycles. The van der Waals surface area contributed by atoms with Crippen LogP contribution < -0.4 is 0 Å². The Balaban J connectivity index is 2.32. The summed E-state index contributed by atoms with van der Waals surface area (Å²) in [5.74, 6) is 1.07. The van der Waals surface area contributed by atoms with Gasteiger partial charge in [0.1, 0.15) is 11.6 Å². The van der Waals surface area contributed by atoms with E-state index in [2.05, 4.69) is 32.4 Å². The SMILES string of the molecule is CCn1c(-c2cc(C)ccc2O)nc2cc(Br)ccc21. The van der Waals surface area contributed by atoms with Gasteiger partial charge in [-0.25, -0.2) is 4.98 Å². The molecule has 2 aromatic carbocycles. The highest BCUT2D eigenvalue weighted by Crippen LogP contribution is 2.32. The molecule has 0 radical (unpaired) electrons. The second kappa shape index (κ2) is 4.94. The molecule has 3 rings (SSSR count). The van der Waals surface area contributed by atoms with Crippen molar-refractivity contribution in [2.24, 2.45) is 0 Å². The summed E-state index contributed by atoms with van der Waals surface area (Å²) in [5, 5.41) is 10.1. The van der Waals surface area contributed by atoms with Crippen molar-refractivity contribution in [1.29, 1.82) is 0 Å². The zero-order valence-electron chi connectivity index (χ0n) is 11.4. The highest BCUT2D eigenvalue weighted by atomic mass is 79.9. The number of phenolic OH excluding ortho intramolecular Hbond substituents is 1. The number of nitrogens with zero attached hydrogens (tertiary/aromatic N) is 2. The van der Waals surface area contributed by atoms with Gasteiger partial charge >= 0.3 is 0 Å². The summed E-state index contributed by atoms with van der Waals surface area (Å²) >= 11 is 3.47. The van der Waals surface area contributed by atoms with Crippen LogP contribution in [0.3, 0.4) is 0 Å². The van der Waals surface area contributed by atoms with Crippen molar-refractivity contribution in [3.8, 4) is 17.1 Å². The molecule has 0 fully saturated rings. The zero-order chi connectivity index (χ0) is 14.3. The topological polar surface area (TPSA) is 38.0 Å². The molecule has 0 aliphatic carbocycles. The van der Waals surface area contributed by atoms with Gasteiger partial charge in [0.2, 0.25) is 0 Å². The molecule has 0 amide bonds. The molecule has 102 valence electrons. The summed E-state index contributed by atoms with van der Waals surface area (Å²) in [6.45, 7) is 4.90. The van der Waals surface area contributed by atoms with Gasteiger partial charge in [-0.2, -0.15) is 0 Å². The van der Waals surface area contributed by atoms with E-state index in [-0.39, 0.29) is 5.75 Å². The second-order valence-electron chi connectivity index (χ2n) is 4.83. The summed E-state index contributed by atoms with van der Waals surface area (Å²) in [6.07, 6.45) is 0. The number of imidazole rings is 1. The van der Waals surface area contributed by atoms with Crippen molar-refractivity contribution in [3.05, 3.63) is 46.4 Å². The lowest BCUT2D eigenvalue weighted by molar-refractivity contribution is 0.476. The molecule has 1 aromatic heterocycles. The average Bonchev–Trinajstić information content (AvgIpc) is 2.78. The van der Waals surface area contributed by atoms with Crippen LogP contribution in [0.15, 0.2) is 40.9 Å². The van der Waals surface area contributed by atoms with Crippen molar-refractivity contribution < 1.29 is 5.11 Å². The number of halogens is 1. The number of phenols is 1. The van der Waals surface area contributed by atoms with Crippen molar-refractivity contribution in [2.75, 3.05) is 0 Å². The summed E-state index contributed by atoms with van der Waals surface area (Å²) < 4.78 is 3.13. The van der Waals surface area contributed by atoms with Crippen LogP contribution in [0, 0.1) is 6.92 Å². The van der Waals surface area contributed by atoms with Crippen LogP contribution in [0.1, 0.15) is 12.5 Å². The Kier molecular flexibility index (Phi) is 3.26. The van der Waals surface area contributed by atoms with E-state index in [1.54, 1.807) is 6.07 Å². The molecule has 1 N–H and O–H groups in total. The minimum absolute atomic E-state index is 0.264. The molecule has 0 unspecified atom stereocenters. The predicted octanol–water partition coefficient (Wildman–Crippen LogP) is 4.50. The van der Waals surface area contributed by atoms with Crippen LogP contribution in [0.4, 0.5) is 0 Å². The first-order valence-corrected chi connectivity index (χ1v) is 7.35. The first-order chi connectivity index (χ1) is 9.60. The molecule has 0 aliphatic heterocycles. The van der Waals surface area contributed by atoms with Gasteiger partial charge in [0.05, 0.1) is 16.6 Å². The van der Waals surface area contributed by atoms with E-state index < -0.39 is 0 Å². The molecule has 3 aromatic rings. The smallest absolute Gasteiger partial charge is 0.144 e. The Labute approximate surface area is 126 Å². The Morgan fingerprint density at radius 2 is 2.00 bits per heavy atom. The summed E-state index contributed by atoms with van der Waals surface area (Å²) in [7, 11) is 0. The number of aromatic hydroxyl groups is 1. The van der Waals surface area contributed by atoms with Gasteiger partial charge < -0.3 is 9.67 Å². The molecule has 0 saturated carbocycles. The zero-order valence-corrected chi connectivity index (χ0v) is 13.0. The fraction of sp³-hybridized carbons (Fsp3) is 0.188. The molecule has 3 nitrogen and oxygen atoms in total. The van der Waals surface area contributed by atoms with Gasteiger partial charge in [-0.1, -0.05) is 27.6 Å². The number of aryl methyl sites for hydroxylation is 2. The van der Waals surface area contributed by atoms with Gasteiger partial charge in [-0.05, 0) is 44.2 Å². The molecule has 4 heteroatoms. The fourth-order valence-electron chi connectivity index (χ4n) is 2.46. The number of aromatic nitrogens is 2. The molecule has 0 spiro atoms. The summed E-state index contributed by atoms with van der Waals surface area (Å²) in [4.78, 5) is 4.69. The normalized spacial score (nSPS) is 11.2. The minimum atomic E-state index is 0.264. The van der Waals surface area contributed by atoms with Gasteiger partial charge in [-0.3, -0.25) is 0 Å². The van der Waals surface area contributed by atoms with E-state index in [0.717, 1.165) is 39.0 Å². The van der Waals surface area contributed by atoms with E-state index in [9.17, 15) is 5.11 Å². The number of fused-ring (bicyclic) bond motifs is 1. The Hall–Kier alpha value is -1.81. The van der Waals surface area contributed by atoms with Crippen LogP contribution in [0.25, 0.3) is 22.4 Å². The monoisotopic (exact) mass is 330 g/mol. The molecule has 0 aliphatic rings. The van der Waals surface area contributed by atoms with Crippen LogP contribution in [0.5, 0.6) is 5.75 Å². The predicted molar refractivity (Wildman–Crippen MR) is 84.9 cm³/mol. The van der Waals surface area contributed by atoms with Gasteiger partial charge in [0.25, 0.3) is 0 Å². The number of benzene rings is 2. The van der Waals surface area contributed by atoms with Crippen LogP contribution in [-0.2, 0) is 6.54 Å². The fourth-order valence-corrected chi connectivity index (χ4v) is 2.81. The largest absolute Gasteiger partial charge is 0.507 e. The molecule has 0 atom stereocenters. The standard InChI is InChI=1S/C16H15BrN2O/c1-3-19-14-6-5-11(17)9-13(14)18-16(19)12-8-10(2)4-7-15(12)20/h4-9,20H,3H2,1-2H3. The van der Waals surface area contributed by atoms with Crippen molar-refractivity contribution in [2.45, 2.75) is 20.4 Å². The number of hydrogen-bond acceptors (Lipinski definition) is 2. The Bertz CT molecular complexity index is 793. The van der Waals surface area contributed by atoms with Crippen molar-refractivity contribution in [3.63, 3.8) is 0 Å². The third-order valence-electron chi connectivity index (χ3n) is 3.42. The maximum absolute atomic E-state index is 10.1. The maximum Gasteiger partial charge on any atom is 0.144 e. The Morgan fingerprint density at radius 1 is 1.20 bits per heavy atom. The van der Waals surface area contributed by atoms with E-state index in [4.69, 9.17) is 0 Å². The minimum Gasteiger partial charge on any atom is -0.507 e. The average molecular weight is 331 g/mol. The van der Waals surface area contributed by atoms with Gasteiger partial charge in [-0.15, -0.1) is 0 Å². The van der Waals surface area contributed by atoms with E-state index in [1.807, 2.05) is 37.3 Å². The summed E-state index contributed by atoms with van der Waals surface area (Å²) in [5.41, 5.74) is 3.89. The molecule has 0 saturated heterocycles. The first-order valence-electron chi connectivity index (χ1n) is 6.56. The molecule has 0 bridgehead atoms. The molecule has 20 heavy (non-hydrogen) atoms. The number of hydrogen-bond donors (Lipinski definition) is 1. The van der Waals surface area contributed by atoms with Crippen LogP contribution in [0.2, 0.25) is 0 Å². The first kappa shape index (κ1) is 13.2. The lowest BCUT2D eigenvalue weighted by atomic mass is 10.1. The summed E-state index contributed by atoms with van der Waals surface area (Å²) in [6, 6.07) is 11.6. The lowest BCUT2D eigenvalue weighted by Crippen LogP contribution is -1.97. The molecular weight excluding hydrogens is 316 g/mol. The number of rotatable bonds is 2. The van der Waals surface area contributed by atoms with Gasteiger partial charge in [0.15, 0.2) is 0 Å². The van der Waals surface area contributed by atoms with E-state index >= 15 is 0 Å². The Morgan fingerprint density at radius 3 is 2.75 bits per heavy atom. The lowest BCUT2D eigenvalue weighted by Gasteiger charge is -2.08. The third kappa shape index (κ3) is 2.10. The highest BCUT2D eigenvalue weighted by molar-refractivity contribution is 9.10. The second-order valence-corrected chi connectivity index (χ2v) is 5.75. The van der Waals surface area contributed by atoms with Crippen molar-refractivity contribution >= 4 is 27.0 Å². The quantitative estimate of drug-likeness (QED) is 0.751. The van der Waals surface area contributed by atoms with Crippen LogP contribution >= 0.6 is 15.9 Å². The maximum atomic E-state index is 10.1. The third-order valence-corrected chi connectivity index (χ3v) is 3.91.